The molecule has 0 unspecified atom stereocenters. The molecule has 0 spiro atoms. The third-order valence-electron chi connectivity index (χ3n) is 5.42. The van der Waals surface area contributed by atoms with E-state index in [0.29, 0.717) is 31.4 Å². The zero-order chi connectivity index (χ0) is 19.2. The molecule has 3 rings (SSSR count). The number of carbonyl (C=O) groups excluding carboxylic acids is 1. The number of nitrogens with two attached hydrogens (primary N) is 1. The Morgan fingerprint density at radius 1 is 1.15 bits per heavy atom. The second-order valence-electron chi connectivity index (χ2n) is 7.37. The molecule has 1 fully saturated rings. The van der Waals surface area contributed by atoms with Crippen LogP contribution in [0.25, 0.3) is 0 Å². The number of nitrogens with zero attached hydrogens (tertiary/aromatic N) is 4. The summed E-state index contributed by atoms with van der Waals surface area (Å²) in [5, 5.41) is 0. The van der Waals surface area contributed by atoms with E-state index in [1.807, 2.05) is 36.9 Å². The monoisotopic (exact) mass is 367 g/mol. The van der Waals surface area contributed by atoms with Crippen LogP contribution in [-0.4, -0.2) is 31.8 Å². The second kappa shape index (κ2) is 8.93. The smallest absolute Gasteiger partial charge is 0.223 e. The number of anilines is 1. The Balaban J connectivity index is 1.72. The third kappa shape index (κ3) is 5.02. The van der Waals surface area contributed by atoms with E-state index in [1.165, 1.54) is 19.3 Å². The summed E-state index contributed by atoms with van der Waals surface area (Å²) in [6, 6.07) is 6.19. The average Bonchev–Trinajstić information content (AvgIpc) is 2.66. The SMILES string of the molecule is Cc1nc(N)nc(C)c1CCC(=O)N(Cc1ccccn1)C1CCCCC1. The van der Waals surface area contributed by atoms with Crippen LogP contribution in [0.4, 0.5) is 5.95 Å². The minimum Gasteiger partial charge on any atom is -0.368 e. The van der Waals surface area contributed by atoms with Crippen molar-refractivity contribution in [1.82, 2.24) is 19.9 Å². The van der Waals surface area contributed by atoms with Gasteiger partial charge >= 0.3 is 0 Å². The van der Waals surface area contributed by atoms with E-state index in [9.17, 15) is 4.79 Å². The Morgan fingerprint density at radius 2 is 1.85 bits per heavy atom. The predicted octanol–water partition coefficient (Wildman–Crippen LogP) is 3.36. The van der Waals surface area contributed by atoms with Crippen molar-refractivity contribution < 1.29 is 4.79 Å². The maximum atomic E-state index is 13.1. The molecule has 2 N–H and O–H groups in total. The van der Waals surface area contributed by atoms with Gasteiger partial charge in [0.2, 0.25) is 11.9 Å². The molecule has 2 heterocycles. The van der Waals surface area contributed by atoms with Crippen LogP contribution >= 0.6 is 0 Å². The lowest BCUT2D eigenvalue weighted by atomic mass is 9.93. The maximum Gasteiger partial charge on any atom is 0.223 e. The van der Waals surface area contributed by atoms with Gasteiger partial charge in [-0.1, -0.05) is 25.3 Å². The fourth-order valence-electron chi connectivity index (χ4n) is 3.98. The van der Waals surface area contributed by atoms with Crippen molar-refractivity contribution in [1.29, 1.82) is 0 Å². The summed E-state index contributed by atoms with van der Waals surface area (Å²) in [6.45, 7) is 4.44. The molecule has 1 aliphatic carbocycles. The number of carbonyl (C=O) groups is 1. The number of aryl methyl sites for hydroxylation is 2. The van der Waals surface area contributed by atoms with Crippen molar-refractivity contribution in [3.05, 3.63) is 47.0 Å². The first-order chi connectivity index (χ1) is 13.0. The molecule has 0 saturated heterocycles. The van der Waals surface area contributed by atoms with E-state index in [4.69, 9.17) is 5.73 Å². The van der Waals surface area contributed by atoms with Crippen LogP contribution in [0.5, 0.6) is 0 Å². The summed E-state index contributed by atoms with van der Waals surface area (Å²) in [5.41, 5.74) is 9.41. The Morgan fingerprint density at radius 3 is 2.48 bits per heavy atom. The van der Waals surface area contributed by atoms with E-state index >= 15 is 0 Å². The van der Waals surface area contributed by atoms with Crippen LogP contribution in [0.2, 0.25) is 0 Å². The fourth-order valence-corrected chi connectivity index (χ4v) is 3.98. The summed E-state index contributed by atoms with van der Waals surface area (Å²) in [4.78, 5) is 28.1. The summed E-state index contributed by atoms with van der Waals surface area (Å²) in [7, 11) is 0. The second-order valence-corrected chi connectivity index (χ2v) is 7.37. The van der Waals surface area contributed by atoms with Crippen LogP contribution in [0.3, 0.4) is 0 Å². The molecule has 0 atom stereocenters. The van der Waals surface area contributed by atoms with Crippen LogP contribution in [0, 0.1) is 13.8 Å². The Kier molecular flexibility index (Phi) is 6.37. The largest absolute Gasteiger partial charge is 0.368 e. The van der Waals surface area contributed by atoms with E-state index in [2.05, 4.69) is 15.0 Å². The average molecular weight is 367 g/mol. The summed E-state index contributed by atoms with van der Waals surface area (Å²) >= 11 is 0. The van der Waals surface area contributed by atoms with Crippen molar-refractivity contribution in [2.24, 2.45) is 0 Å². The van der Waals surface area contributed by atoms with Crippen molar-refractivity contribution in [3.63, 3.8) is 0 Å². The van der Waals surface area contributed by atoms with E-state index < -0.39 is 0 Å². The quantitative estimate of drug-likeness (QED) is 0.846. The molecule has 6 heteroatoms. The van der Waals surface area contributed by atoms with Crippen molar-refractivity contribution in [2.45, 2.75) is 71.4 Å². The van der Waals surface area contributed by atoms with Crippen molar-refractivity contribution >= 4 is 11.9 Å². The maximum absolute atomic E-state index is 13.1. The normalized spacial score (nSPS) is 14.9. The van der Waals surface area contributed by atoms with E-state index in [-0.39, 0.29) is 5.91 Å². The highest BCUT2D eigenvalue weighted by atomic mass is 16.2. The standard InChI is InChI=1S/C21H29N5O/c1-15-19(16(2)25-21(22)24-15)11-12-20(27)26(18-9-4-3-5-10-18)14-17-8-6-7-13-23-17/h6-8,13,18H,3-5,9-12,14H2,1-2H3,(H2,22,24,25). The minimum absolute atomic E-state index is 0.183. The Bertz CT molecular complexity index is 748. The minimum atomic E-state index is 0.183. The van der Waals surface area contributed by atoms with Crippen LogP contribution in [0.15, 0.2) is 24.4 Å². The fraction of sp³-hybridized carbons (Fsp3) is 0.524. The molecule has 2 aromatic heterocycles. The van der Waals surface area contributed by atoms with Crippen LogP contribution < -0.4 is 5.73 Å². The number of hydrogen-bond donors (Lipinski definition) is 1. The molecular weight excluding hydrogens is 338 g/mol. The molecule has 0 aromatic carbocycles. The molecule has 0 aliphatic heterocycles. The molecular formula is C21H29N5O. The van der Waals surface area contributed by atoms with Gasteiger partial charge in [-0.3, -0.25) is 9.78 Å². The zero-order valence-electron chi connectivity index (χ0n) is 16.3. The molecule has 144 valence electrons. The first kappa shape index (κ1) is 19.3. The van der Waals surface area contributed by atoms with Gasteiger partial charge in [-0.2, -0.15) is 0 Å². The van der Waals surface area contributed by atoms with Crippen molar-refractivity contribution in [3.8, 4) is 0 Å². The third-order valence-corrected chi connectivity index (χ3v) is 5.42. The van der Waals surface area contributed by atoms with Gasteiger partial charge in [-0.15, -0.1) is 0 Å². The highest BCUT2D eigenvalue weighted by Crippen LogP contribution is 2.25. The van der Waals surface area contributed by atoms with Gasteiger partial charge in [0.05, 0.1) is 12.2 Å². The van der Waals surface area contributed by atoms with Gasteiger partial charge in [0, 0.05) is 30.0 Å². The van der Waals surface area contributed by atoms with E-state index in [1.54, 1.807) is 6.20 Å². The highest BCUT2D eigenvalue weighted by molar-refractivity contribution is 5.77. The zero-order valence-corrected chi connectivity index (χ0v) is 16.3. The van der Waals surface area contributed by atoms with Gasteiger partial charge < -0.3 is 10.6 Å². The molecule has 1 saturated carbocycles. The number of pyridine rings is 1. The molecule has 1 aliphatic rings. The lowest BCUT2D eigenvalue weighted by molar-refractivity contribution is -0.135. The topological polar surface area (TPSA) is 85.0 Å². The van der Waals surface area contributed by atoms with E-state index in [0.717, 1.165) is 35.5 Å². The van der Waals surface area contributed by atoms with Gasteiger partial charge in [-0.05, 0) is 50.8 Å². The van der Waals surface area contributed by atoms with Gasteiger partial charge in [0.25, 0.3) is 0 Å². The molecule has 6 nitrogen and oxygen atoms in total. The summed E-state index contributed by atoms with van der Waals surface area (Å²) < 4.78 is 0. The van der Waals surface area contributed by atoms with Gasteiger partial charge in [-0.25, -0.2) is 9.97 Å². The van der Waals surface area contributed by atoms with Crippen LogP contribution in [0.1, 0.15) is 61.2 Å². The Hall–Kier alpha value is -2.50. The number of rotatable bonds is 6. The molecule has 0 bridgehead atoms. The number of amides is 1. The van der Waals surface area contributed by atoms with Gasteiger partial charge in [0.1, 0.15) is 0 Å². The lowest BCUT2D eigenvalue weighted by Crippen LogP contribution is -2.41. The predicted molar refractivity (Wildman–Crippen MR) is 106 cm³/mol. The van der Waals surface area contributed by atoms with Gasteiger partial charge in [0.15, 0.2) is 0 Å². The highest BCUT2D eigenvalue weighted by Gasteiger charge is 2.26. The summed E-state index contributed by atoms with van der Waals surface area (Å²) in [6.07, 6.45) is 8.71. The number of aromatic nitrogens is 3. The lowest BCUT2D eigenvalue weighted by Gasteiger charge is -2.34. The molecule has 27 heavy (non-hydrogen) atoms. The number of hydrogen-bond acceptors (Lipinski definition) is 5. The molecule has 0 radical (unpaired) electrons. The Labute approximate surface area is 161 Å². The van der Waals surface area contributed by atoms with Crippen molar-refractivity contribution in [2.75, 3.05) is 5.73 Å². The van der Waals surface area contributed by atoms with Crippen LogP contribution in [-0.2, 0) is 17.8 Å². The molecule has 1 amide bonds. The first-order valence-electron chi connectivity index (χ1n) is 9.83. The summed E-state index contributed by atoms with van der Waals surface area (Å²) in [5.74, 6) is 0.474. The first-order valence-corrected chi connectivity index (χ1v) is 9.83. The number of nitrogen functional groups attached to an aromatic ring is 1. The molecule has 2 aromatic rings.